The van der Waals surface area contributed by atoms with E-state index in [1.165, 1.54) is 0 Å². The number of halogens is 1. The lowest BCUT2D eigenvalue weighted by Crippen LogP contribution is -2.12. The average molecular weight is 330 g/mol. The molecule has 2 aromatic rings. The van der Waals surface area contributed by atoms with Crippen LogP contribution in [-0.4, -0.2) is 16.0 Å². The lowest BCUT2D eigenvalue weighted by Gasteiger charge is -2.00. The van der Waals surface area contributed by atoms with Crippen LogP contribution in [0.15, 0.2) is 22.7 Å². The van der Waals surface area contributed by atoms with Gasteiger partial charge in [-0.25, -0.2) is 0 Å². The van der Waals surface area contributed by atoms with Gasteiger partial charge in [0, 0.05) is 9.26 Å². The molecule has 1 aromatic carbocycles. The summed E-state index contributed by atoms with van der Waals surface area (Å²) in [5.41, 5.74) is 11.9. The Kier molecular flexibility index (Phi) is 2.77. The molecular formula is C9H7IN4O2. The van der Waals surface area contributed by atoms with E-state index in [-0.39, 0.29) is 11.7 Å². The number of hydrogen-bond donors (Lipinski definition) is 2. The molecule has 7 heteroatoms. The maximum Gasteiger partial charge on any atom is 0.290 e. The number of nitrogens with zero attached hydrogens (tertiary/aromatic N) is 2. The third-order valence-electron chi connectivity index (χ3n) is 1.89. The molecule has 0 aliphatic rings. The van der Waals surface area contributed by atoms with Crippen molar-refractivity contribution in [3.05, 3.63) is 27.6 Å². The first kappa shape index (κ1) is 10.9. The second-order valence-corrected chi connectivity index (χ2v) is 4.26. The van der Waals surface area contributed by atoms with Crippen LogP contribution in [0.3, 0.4) is 0 Å². The highest BCUT2D eigenvalue weighted by molar-refractivity contribution is 14.1. The Bertz CT molecular complexity index is 552. The van der Waals surface area contributed by atoms with Gasteiger partial charge in [-0.1, -0.05) is 5.16 Å². The number of carbonyl (C=O) groups excluding carboxylic acids is 1. The Morgan fingerprint density at radius 1 is 1.44 bits per heavy atom. The van der Waals surface area contributed by atoms with E-state index in [0.29, 0.717) is 11.3 Å². The Labute approximate surface area is 104 Å². The second kappa shape index (κ2) is 4.08. The molecule has 0 spiro atoms. The number of hydrogen-bond acceptors (Lipinski definition) is 5. The van der Waals surface area contributed by atoms with Gasteiger partial charge in [-0.15, -0.1) is 0 Å². The highest BCUT2D eigenvalue weighted by Gasteiger charge is 2.14. The number of rotatable bonds is 2. The van der Waals surface area contributed by atoms with Crippen LogP contribution in [0.1, 0.15) is 10.6 Å². The fourth-order valence-corrected chi connectivity index (χ4v) is 1.64. The molecule has 0 unspecified atom stereocenters. The lowest BCUT2D eigenvalue weighted by atomic mass is 10.2. The zero-order chi connectivity index (χ0) is 11.7. The number of primary amides is 1. The number of amides is 1. The summed E-state index contributed by atoms with van der Waals surface area (Å²) in [6.45, 7) is 0. The molecule has 82 valence electrons. The van der Waals surface area contributed by atoms with Crippen molar-refractivity contribution in [1.82, 2.24) is 10.1 Å². The molecule has 2 rings (SSSR count). The maximum absolute atomic E-state index is 10.8. The number of nitrogen functional groups attached to an aromatic ring is 1. The molecule has 4 N–H and O–H groups in total. The van der Waals surface area contributed by atoms with Gasteiger partial charge >= 0.3 is 0 Å². The van der Waals surface area contributed by atoms with Gasteiger partial charge in [0.05, 0.1) is 5.56 Å². The van der Waals surface area contributed by atoms with E-state index < -0.39 is 5.91 Å². The molecule has 0 fully saturated rings. The molecule has 0 aliphatic carbocycles. The zero-order valence-corrected chi connectivity index (χ0v) is 10.1. The Morgan fingerprint density at radius 2 is 2.19 bits per heavy atom. The molecule has 1 aromatic heterocycles. The normalized spacial score (nSPS) is 10.3. The third-order valence-corrected chi connectivity index (χ3v) is 2.56. The topological polar surface area (TPSA) is 108 Å². The quantitative estimate of drug-likeness (QED) is 0.631. The number of anilines is 1. The van der Waals surface area contributed by atoms with Gasteiger partial charge < -0.3 is 16.0 Å². The summed E-state index contributed by atoms with van der Waals surface area (Å²) in [7, 11) is 0. The molecular weight excluding hydrogens is 323 g/mol. The second-order valence-electron chi connectivity index (χ2n) is 3.02. The van der Waals surface area contributed by atoms with Crippen molar-refractivity contribution in [2.45, 2.75) is 0 Å². The summed E-state index contributed by atoms with van der Waals surface area (Å²) >= 11 is 2.13. The number of carbonyl (C=O) groups is 1. The van der Waals surface area contributed by atoms with Crippen LogP contribution in [0.5, 0.6) is 0 Å². The molecule has 6 nitrogen and oxygen atoms in total. The van der Waals surface area contributed by atoms with Crippen LogP contribution in [0.25, 0.3) is 11.5 Å². The molecule has 0 saturated carbocycles. The minimum Gasteiger partial charge on any atom is -0.398 e. The number of nitrogens with two attached hydrogens (primary N) is 2. The predicted octanol–water partition coefficient (Wildman–Crippen LogP) is 1.02. The minimum atomic E-state index is -0.737. The molecule has 1 amide bonds. The van der Waals surface area contributed by atoms with Crippen LogP contribution < -0.4 is 11.5 Å². The third kappa shape index (κ3) is 1.98. The first-order valence-electron chi connectivity index (χ1n) is 4.27. The molecule has 0 radical (unpaired) electrons. The standard InChI is InChI=1S/C9H7IN4O2/c10-4-1-2-6(11)5(3-4)9-13-8(7(12)15)14-16-9/h1-3H,11H2,(H2,12,15). The first-order valence-corrected chi connectivity index (χ1v) is 5.34. The summed E-state index contributed by atoms with van der Waals surface area (Å²) in [6, 6.07) is 5.37. The van der Waals surface area contributed by atoms with E-state index in [4.69, 9.17) is 16.0 Å². The van der Waals surface area contributed by atoms with E-state index in [9.17, 15) is 4.79 Å². The van der Waals surface area contributed by atoms with Gasteiger partial charge in [0.25, 0.3) is 17.6 Å². The Balaban J connectivity index is 2.50. The Hall–Kier alpha value is -1.64. The fraction of sp³-hybridized carbons (Fsp3) is 0. The van der Waals surface area contributed by atoms with Crippen molar-refractivity contribution in [3.63, 3.8) is 0 Å². The maximum atomic E-state index is 10.8. The van der Waals surface area contributed by atoms with Crippen molar-refractivity contribution >= 4 is 34.2 Å². The smallest absolute Gasteiger partial charge is 0.290 e. The molecule has 0 saturated heterocycles. The number of benzene rings is 1. The van der Waals surface area contributed by atoms with Gasteiger partial charge in [-0.2, -0.15) is 4.98 Å². The summed E-state index contributed by atoms with van der Waals surface area (Å²) in [5.74, 6) is -0.711. The van der Waals surface area contributed by atoms with E-state index in [1.54, 1.807) is 12.1 Å². The Morgan fingerprint density at radius 3 is 2.81 bits per heavy atom. The van der Waals surface area contributed by atoms with Crippen molar-refractivity contribution in [2.24, 2.45) is 5.73 Å². The first-order chi connectivity index (χ1) is 7.58. The van der Waals surface area contributed by atoms with Crippen molar-refractivity contribution in [1.29, 1.82) is 0 Å². The number of aromatic nitrogens is 2. The van der Waals surface area contributed by atoms with E-state index in [2.05, 4.69) is 32.7 Å². The van der Waals surface area contributed by atoms with Crippen LogP contribution in [-0.2, 0) is 0 Å². The SMILES string of the molecule is NC(=O)c1noc(-c2cc(I)ccc2N)n1. The molecule has 0 atom stereocenters. The monoisotopic (exact) mass is 330 g/mol. The van der Waals surface area contributed by atoms with Crippen molar-refractivity contribution in [3.8, 4) is 11.5 Å². The lowest BCUT2D eigenvalue weighted by molar-refractivity contribution is 0.0987. The minimum absolute atomic E-state index is 0.159. The summed E-state index contributed by atoms with van der Waals surface area (Å²) in [6.07, 6.45) is 0. The van der Waals surface area contributed by atoms with Gasteiger partial charge in [0.15, 0.2) is 0 Å². The van der Waals surface area contributed by atoms with Gasteiger partial charge in [0.2, 0.25) is 0 Å². The van der Waals surface area contributed by atoms with E-state index in [1.807, 2.05) is 6.07 Å². The van der Waals surface area contributed by atoms with Crippen LogP contribution >= 0.6 is 22.6 Å². The zero-order valence-electron chi connectivity index (χ0n) is 7.98. The highest BCUT2D eigenvalue weighted by Crippen LogP contribution is 2.25. The molecule has 1 heterocycles. The molecule has 0 bridgehead atoms. The van der Waals surface area contributed by atoms with Crippen molar-refractivity contribution < 1.29 is 9.32 Å². The van der Waals surface area contributed by atoms with Gasteiger partial charge in [-0.3, -0.25) is 4.79 Å². The van der Waals surface area contributed by atoms with E-state index >= 15 is 0 Å². The summed E-state index contributed by atoms with van der Waals surface area (Å²) in [5, 5.41) is 3.44. The van der Waals surface area contributed by atoms with Gasteiger partial charge in [0.1, 0.15) is 0 Å². The summed E-state index contributed by atoms with van der Waals surface area (Å²) < 4.78 is 5.88. The predicted molar refractivity (Wildman–Crippen MR) is 65.4 cm³/mol. The summed E-state index contributed by atoms with van der Waals surface area (Å²) in [4.78, 5) is 14.6. The van der Waals surface area contributed by atoms with Crippen LogP contribution in [0.2, 0.25) is 0 Å². The molecule has 16 heavy (non-hydrogen) atoms. The average Bonchev–Trinajstić information content (AvgIpc) is 2.70. The van der Waals surface area contributed by atoms with Crippen molar-refractivity contribution in [2.75, 3.05) is 5.73 Å². The van der Waals surface area contributed by atoms with E-state index in [0.717, 1.165) is 3.57 Å². The molecule has 0 aliphatic heterocycles. The largest absolute Gasteiger partial charge is 0.398 e. The van der Waals surface area contributed by atoms with Crippen LogP contribution in [0, 0.1) is 3.57 Å². The van der Waals surface area contributed by atoms with Crippen LogP contribution in [0.4, 0.5) is 5.69 Å². The van der Waals surface area contributed by atoms with Gasteiger partial charge in [-0.05, 0) is 40.8 Å². The highest BCUT2D eigenvalue weighted by atomic mass is 127. The fourth-order valence-electron chi connectivity index (χ4n) is 1.15.